The third kappa shape index (κ3) is 8.85. The summed E-state index contributed by atoms with van der Waals surface area (Å²) in [5.74, 6) is -2.47. The molecule has 15 heteroatoms. The van der Waals surface area contributed by atoms with Crippen LogP contribution in [0.25, 0.3) is 21.8 Å². The van der Waals surface area contributed by atoms with E-state index in [1.165, 1.54) is 31.0 Å². The van der Waals surface area contributed by atoms with E-state index in [9.17, 15) is 24.0 Å². The van der Waals surface area contributed by atoms with Crippen LogP contribution in [0.1, 0.15) is 125 Å². The average molecular weight is 810 g/mol. The number of hydrogen-bond acceptors (Lipinski definition) is 11. The number of hydrogen-bond donors (Lipinski definition) is 0. The number of rotatable bonds is 9. The second kappa shape index (κ2) is 15.9. The SMILES string of the molecule is CCOCn1c(C(=O)c2cn(C(=O)OC(C)(C)C)c3ccccc23)nc(C(=O)[C@@H]2CCCN2C(=O)OC(C)(C)C)c1C(=O)c1cn(C(=O)OC(C)(C)C)c2ccccc12. The van der Waals surface area contributed by atoms with Crippen LogP contribution in [0, 0.1) is 0 Å². The van der Waals surface area contributed by atoms with Gasteiger partial charge in [0.25, 0.3) is 0 Å². The zero-order chi connectivity index (χ0) is 43.2. The fourth-order valence-electron chi connectivity index (χ4n) is 6.97. The molecule has 4 heterocycles. The Kier molecular flexibility index (Phi) is 11.5. The Bertz CT molecular complexity index is 2480. The fourth-order valence-corrected chi connectivity index (χ4v) is 6.97. The van der Waals surface area contributed by atoms with Gasteiger partial charge in [-0.1, -0.05) is 36.4 Å². The van der Waals surface area contributed by atoms with Gasteiger partial charge in [0.15, 0.2) is 5.82 Å². The molecular weight excluding hydrogens is 759 g/mol. The maximum absolute atomic E-state index is 15.2. The summed E-state index contributed by atoms with van der Waals surface area (Å²) < 4.78 is 26.5. The van der Waals surface area contributed by atoms with Crippen LogP contribution in [0.15, 0.2) is 60.9 Å². The number of benzene rings is 2. The van der Waals surface area contributed by atoms with E-state index in [2.05, 4.69) is 4.98 Å². The summed E-state index contributed by atoms with van der Waals surface area (Å²) >= 11 is 0. The number of para-hydroxylation sites is 2. The summed E-state index contributed by atoms with van der Waals surface area (Å²) in [5.41, 5.74) is -2.39. The number of imidazole rings is 1. The molecule has 0 N–H and O–H groups in total. The van der Waals surface area contributed by atoms with Crippen molar-refractivity contribution in [1.29, 1.82) is 0 Å². The van der Waals surface area contributed by atoms with Gasteiger partial charge in [-0.05, 0) is 94.2 Å². The van der Waals surface area contributed by atoms with Gasteiger partial charge in [0, 0.05) is 36.3 Å². The Balaban J connectivity index is 1.58. The molecule has 312 valence electrons. The summed E-state index contributed by atoms with van der Waals surface area (Å²) in [6, 6.07) is 12.4. The van der Waals surface area contributed by atoms with E-state index in [-0.39, 0.29) is 54.6 Å². The molecular formula is C44H51N5O10. The van der Waals surface area contributed by atoms with E-state index in [4.69, 9.17) is 18.9 Å². The van der Waals surface area contributed by atoms with Crippen LogP contribution in [-0.2, 0) is 25.7 Å². The number of aromatic nitrogens is 4. The molecule has 3 aromatic heterocycles. The second-order valence-electron chi connectivity index (χ2n) is 17.4. The van der Waals surface area contributed by atoms with Crippen molar-refractivity contribution >= 4 is 57.4 Å². The monoisotopic (exact) mass is 809 g/mol. The van der Waals surface area contributed by atoms with Gasteiger partial charge in [0.2, 0.25) is 17.3 Å². The van der Waals surface area contributed by atoms with Crippen LogP contribution in [0.4, 0.5) is 14.4 Å². The molecule has 0 saturated carbocycles. The topological polar surface area (TPSA) is 170 Å². The lowest BCUT2D eigenvalue weighted by molar-refractivity contribution is 0.0221. The zero-order valence-electron chi connectivity index (χ0n) is 35.2. The van der Waals surface area contributed by atoms with Crippen molar-refractivity contribution in [2.45, 2.75) is 112 Å². The number of Topliss-reactive ketones (excluding diaryl/α,β-unsaturated/α-hetero) is 1. The number of likely N-dealkylation sites (tertiary alicyclic amines) is 1. The highest BCUT2D eigenvalue weighted by Crippen LogP contribution is 2.32. The van der Waals surface area contributed by atoms with Crippen molar-refractivity contribution in [3.63, 3.8) is 0 Å². The number of carbonyl (C=O) groups excluding carboxylic acids is 6. The molecule has 1 saturated heterocycles. The first-order chi connectivity index (χ1) is 27.6. The number of amides is 1. The number of ether oxygens (including phenoxy) is 4. The molecule has 1 amide bonds. The first kappa shape index (κ1) is 42.5. The van der Waals surface area contributed by atoms with Crippen LogP contribution in [-0.4, -0.2) is 95.2 Å². The van der Waals surface area contributed by atoms with Crippen LogP contribution in [0.5, 0.6) is 0 Å². The summed E-state index contributed by atoms with van der Waals surface area (Å²) in [6.07, 6.45) is 1.24. The quantitative estimate of drug-likeness (QED) is 0.103. The van der Waals surface area contributed by atoms with Crippen molar-refractivity contribution in [2.24, 2.45) is 0 Å². The maximum atomic E-state index is 15.2. The van der Waals surface area contributed by atoms with E-state index in [0.717, 1.165) is 0 Å². The number of carbonyl (C=O) groups is 6. The zero-order valence-corrected chi connectivity index (χ0v) is 35.2. The molecule has 15 nitrogen and oxygen atoms in total. The maximum Gasteiger partial charge on any atom is 0.419 e. The van der Waals surface area contributed by atoms with Crippen LogP contribution in [0.3, 0.4) is 0 Å². The Morgan fingerprint density at radius 1 is 0.678 bits per heavy atom. The van der Waals surface area contributed by atoms with Gasteiger partial charge in [-0.3, -0.25) is 33.0 Å². The van der Waals surface area contributed by atoms with E-state index in [0.29, 0.717) is 28.2 Å². The van der Waals surface area contributed by atoms with Gasteiger partial charge >= 0.3 is 18.3 Å². The Labute approximate surface area is 342 Å². The number of fused-ring (bicyclic) bond motifs is 2. The van der Waals surface area contributed by atoms with E-state index >= 15 is 4.79 Å². The molecule has 1 fully saturated rings. The molecule has 1 aliphatic heterocycles. The Morgan fingerprint density at radius 3 is 1.64 bits per heavy atom. The minimum absolute atomic E-state index is 0.0223. The summed E-state index contributed by atoms with van der Waals surface area (Å²) in [5, 5.41) is 0.762. The lowest BCUT2D eigenvalue weighted by atomic mass is 10.0. The first-order valence-electron chi connectivity index (χ1n) is 19.6. The minimum Gasteiger partial charge on any atom is -0.444 e. The third-order valence-electron chi connectivity index (χ3n) is 9.32. The molecule has 59 heavy (non-hydrogen) atoms. The van der Waals surface area contributed by atoms with Crippen molar-refractivity contribution in [3.05, 3.63) is 89.3 Å². The normalized spacial score (nSPS) is 14.8. The third-order valence-corrected chi connectivity index (χ3v) is 9.32. The number of ketones is 3. The standard InChI is InChI=1S/C44H51N5O10/c1-11-56-25-49-34(35(50)28-23-47(40(54)58-43(5,6)7)30-19-14-12-17-26(28)30)33(37(52)32-21-16-22-46(32)39(53)57-42(2,3)4)45-38(49)36(51)29-24-48(41(55)59-44(8,9)10)31-20-15-13-18-27(29)31/h12-15,17-20,23-24,32H,11,16,21-22,25H2,1-10H3/t32-/m0/s1. The van der Waals surface area contributed by atoms with Crippen LogP contribution in [0.2, 0.25) is 0 Å². The molecule has 0 aliphatic carbocycles. The van der Waals surface area contributed by atoms with Crippen molar-refractivity contribution in [3.8, 4) is 0 Å². The first-order valence-corrected chi connectivity index (χ1v) is 19.6. The van der Waals surface area contributed by atoms with E-state index < -0.39 is 58.5 Å². The van der Waals surface area contributed by atoms with Crippen molar-refractivity contribution in [2.75, 3.05) is 13.2 Å². The van der Waals surface area contributed by atoms with Gasteiger partial charge in [-0.25, -0.2) is 19.4 Å². The van der Waals surface area contributed by atoms with Gasteiger partial charge in [-0.15, -0.1) is 0 Å². The van der Waals surface area contributed by atoms with Crippen molar-refractivity contribution in [1.82, 2.24) is 23.6 Å². The molecule has 0 radical (unpaired) electrons. The predicted molar refractivity (Wildman–Crippen MR) is 218 cm³/mol. The average Bonchev–Trinajstić information content (AvgIpc) is 3.94. The summed E-state index contributed by atoms with van der Waals surface area (Å²) in [7, 11) is 0. The smallest absolute Gasteiger partial charge is 0.419 e. The highest BCUT2D eigenvalue weighted by molar-refractivity contribution is 6.22. The van der Waals surface area contributed by atoms with Crippen LogP contribution < -0.4 is 0 Å². The van der Waals surface area contributed by atoms with Gasteiger partial charge < -0.3 is 18.9 Å². The van der Waals surface area contributed by atoms with Gasteiger partial charge in [0.05, 0.1) is 22.2 Å². The highest BCUT2D eigenvalue weighted by atomic mass is 16.6. The molecule has 1 aliphatic rings. The van der Waals surface area contributed by atoms with Crippen LogP contribution >= 0.6 is 0 Å². The predicted octanol–water partition coefficient (Wildman–Crippen LogP) is 8.40. The van der Waals surface area contributed by atoms with Crippen molar-refractivity contribution < 1.29 is 47.7 Å². The largest absolute Gasteiger partial charge is 0.444 e. The van der Waals surface area contributed by atoms with E-state index in [1.807, 2.05) is 0 Å². The summed E-state index contributed by atoms with van der Waals surface area (Å²) in [6.45, 7) is 17.2. The molecule has 0 unspecified atom stereocenters. The molecule has 0 spiro atoms. The molecule has 0 bridgehead atoms. The lowest BCUT2D eigenvalue weighted by Crippen LogP contribution is -2.43. The fraction of sp³-hybridized carbons (Fsp3) is 0.432. The minimum atomic E-state index is -1.08. The second-order valence-corrected chi connectivity index (χ2v) is 17.4. The Hall–Kier alpha value is -6.09. The van der Waals surface area contributed by atoms with E-state index in [1.54, 1.807) is 118 Å². The Morgan fingerprint density at radius 2 is 1.15 bits per heavy atom. The number of nitrogens with zero attached hydrogens (tertiary/aromatic N) is 5. The van der Waals surface area contributed by atoms with Gasteiger partial charge in [-0.2, -0.15) is 0 Å². The molecule has 6 rings (SSSR count). The molecule has 5 aromatic rings. The van der Waals surface area contributed by atoms with Gasteiger partial charge in [0.1, 0.15) is 41.0 Å². The lowest BCUT2D eigenvalue weighted by Gasteiger charge is -2.27. The highest BCUT2D eigenvalue weighted by Gasteiger charge is 2.42. The molecule has 1 atom stereocenters. The molecule has 2 aromatic carbocycles. The summed E-state index contributed by atoms with van der Waals surface area (Å²) in [4.78, 5) is 91.3.